The van der Waals surface area contributed by atoms with Gasteiger partial charge in [-0.3, -0.25) is 4.79 Å². The Kier molecular flexibility index (Phi) is 9.02. The zero-order valence-electron chi connectivity index (χ0n) is 17.8. The number of amidine groups is 1. The molecule has 0 bridgehead atoms. The van der Waals surface area contributed by atoms with E-state index in [2.05, 4.69) is 15.0 Å². The van der Waals surface area contributed by atoms with Gasteiger partial charge in [-0.05, 0) is 36.6 Å². The Balaban J connectivity index is 2.11. The normalized spacial score (nSPS) is 18.2. The molecule has 1 aliphatic rings. The van der Waals surface area contributed by atoms with Crippen LogP contribution in [-0.2, 0) is 21.2 Å². The maximum atomic E-state index is 12.7. The number of phenolic OH excluding ortho intramolecular Hbond substituents is 1. The van der Waals surface area contributed by atoms with Gasteiger partial charge in [0.25, 0.3) is 15.9 Å². The first-order valence-electron chi connectivity index (χ1n) is 10.3. The molecule has 1 aliphatic heterocycles. The summed E-state index contributed by atoms with van der Waals surface area (Å²) >= 11 is 0. The number of carbonyl (C=O) groups excluding carboxylic acids is 1. The highest BCUT2D eigenvalue weighted by atomic mass is 32.2. The van der Waals surface area contributed by atoms with E-state index in [9.17, 15) is 28.5 Å². The number of rotatable bonds is 11. The van der Waals surface area contributed by atoms with E-state index < -0.39 is 34.2 Å². The summed E-state index contributed by atoms with van der Waals surface area (Å²) in [5.41, 5.74) is 0.890. The SMILES string of the molecule is CCCCCC(O)C(O)C(Cc1ccc(O)cc1)NC(=O)C1=CC/C(=N/S(C)(=O)=O)N1. The second-order valence-electron chi connectivity index (χ2n) is 7.72. The summed E-state index contributed by atoms with van der Waals surface area (Å²) in [4.78, 5) is 12.7. The first-order valence-corrected chi connectivity index (χ1v) is 12.1. The van der Waals surface area contributed by atoms with Crippen molar-refractivity contribution in [1.82, 2.24) is 10.6 Å². The molecule has 0 aliphatic carbocycles. The van der Waals surface area contributed by atoms with E-state index in [4.69, 9.17) is 0 Å². The van der Waals surface area contributed by atoms with E-state index in [1.807, 2.05) is 6.92 Å². The molecule has 1 amide bonds. The Morgan fingerprint density at radius 1 is 1.23 bits per heavy atom. The quantitative estimate of drug-likeness (QED) is 0.313. The summed E-state index contributed by atoms with van der Waals surface area (Å²) < 4.78 is 26.2. The predicted molar refractivity (Wildman–Crippen MR) is 118 cm³/mol. The van der Waals surface area contributed by atoms with Gasteiger partial charge in [-0.2, -0.15) is 4.40 Å². The molecule has 0 saturated heterocycles. The number of unbranched alkanes of at least 4 members (excludes halogenated alkanes) is 2. The minimum atomic E-state index is -3.59. The topological polar surface area (TPSA) is 148 Å². The molecule has 172 valence electrons. The van der Waals surface area contributed by atoms with Crippen LogP contribution in [0.5, 0.6) is 5.75 Å². The van der Waals surface area contributed by atoms with Crippen LogP contribution in [0, 0.1) is 0 Å². The van der Waals surface area contributed by atoms with Gasteiger partial charge in [0.05, 0.1) is 18.4 Å². The summed E-state index contributed by atoms with van der Waals surface area (Å²) in [6, 6.07) is 5.57. The first-order chi connectivity index (χ1) is 14.6. The summed E-state index contributed by atoms with van der Waals surface area (Å²) in [6.45, 7) is 2.04. The van der Waals surface area contributed by atoms with E-state index in [1.54, 1.807) is 12.1 Å². The van der Waals surface area contributed by atoms with Crippen LogP contribution in [0.4, 0.5) is 0 Å². The number of aliphatic hydroxyl groups is 2. The number of nitrogens with zero attached hydrogens (tertiary/aromatic N) is 1. The van der Waals surface area contributed by atoms with Gasteiger partial charge >= 0.3 is 0 Å². The molecule has 0 aromatic heterocycles. The summed E-state index contributed by atoms with van der Waals surface area (Å²) in [5.74, 6) is -0.298. The maximum absolute atomic E-state index is 12.7. The molecule has 31 heavy (non-hydrogen) atoms. The summed E-state index contributed by atoms with van der Waals surface area (Å²) in [7, 11) is -3.59. The fourth-order valence-electron chi connectivity index (χ4n) is 3.30. The van der Waals surface area contributed by atoms with Gasteiger partial charge in [0, 0.05) is 6.42 Å². The smallest absolute Gasteiger partial charge is 0.267 e. The summed E-state index contributed by atoms with van der Waals surface area (Å²) in [5, 5.41) is 36.0. The molecule has 1 aromatic rings. The van der Waals surface area contributed by atoms with Crippen molar-refractivity contribution in [1.29, 1.82) is 0 Å². The molecule has 0 radical (unpaired) electrons. The fraction of sp³-hybridized carbons (Fsp3) is 0.524. The average Bonchev–Trinajstić information content (AvgIpc) is 3.15. The molecule has 10 heteroatoms. The number of benzene rings is 1. The van der Waals surface area contributed by atoms with Crippen LogP contribution in [0.15, 0.2) is 40.4 Å². The highest BCUT2D eigenvalue weighted by Gasteiger charge is 2.29. The van der Waals surface area contributed by atoms with Crippen molar-refractivity contribution in [3.63, 3.8) is 0 Å². The van der Waals surface area contributed by atoms with Gasteiger partial charge < -0.3 is 26.0 Å². The summed E-state index contributed by atoms with van der Waals surface area (Å²) in [6.07, 6.45) is 3.73. The number of amides is 1. The van der Waals surface area contributed by atoms with Gasteiger partial charge in [-0.15, -0.1) is 0 Å². The molecule has 0 spiro atoms. The standard InChI is InChI=1S/C21H31N3O6S/c1-3-4-5-6-18(26)20(27)17(13-14-7-9-15(25)10-8-14)23-21(28)16-11-12-19(22-16)24-31(2,29)30/h7-11,17-18,20,25-27H,3-6,12-13H2,1-2H3,(H,22,24)(H,23,28). The molecular formula is C21H31N3O6S. The Morgan fingerprint density at radius 3 is 2.52 bits per heavy atom. The Bertz CT molecular complexity index is 912. The van der Waals surface area contributed by atoms with Crippen molar-refractivity contribution >= 4 is 21.8 Å². The lowest BCUT2D eigenvalue weighted by molar-refractivity contribution is -0.120. The fourth-order valence-corrected chi connectivity index (χ4v) is 3.82. The second-order valence-corrected chi connectivity index (χ2v) is 9.37. The number of phenols is 1. The number of nitrogens with one attached hydrogen (secondary N) is 2. The zero-order chi connectivity index (χ0) is 23.0. The molecular weight excluding hydrogens is 422 g/mol. The number of carbonyl (C=O) groups is 1. The van der Waals surface area contributed by atoms with Crippen molar-refractivity contribution in [2.45, 2.75) is 63.7 Å². The lowest BCUT2D eigenvalue weighted by Crippen LogP contribution is -2.51. The molecule has 5 N–H and O–H groups in total. The monoisotopic (exact) mass is 453 g/mol. The number of hydrogen-bond donors (Lipinski definition) is 5. The van der Waals surface area contributed by atoms with Gasteiger partial charge in [0.1, 0.15) is 23.4 Å². The van der Waals surface area contributed by atoms with E-state index in [1.165, 1.54) is 18.2 Å². The van der Waals surface area contributed by atoms with Crippen molar-refractivity contribution in [2.75, 3.05) is 6.26 Å². The van der Waals surface area contributed by atoms with Gasteiger partial charge in [0.15, 0.2) is 0 Å². The van der Waals surface area contributed by atoms with E-state index >= 15 is 0 Å². The van der Waals surface area contributed by atoms with E-state index in [0.29, 0.717) is 6.42 Å². The number of aliphatic hydroxyl groups excluding tert-OH is 2. The van der Waals surface area contributed by atoms with Gasteiger partial charge in [-0.1, -0.05) is 38.3 Å². The Labute approximate surface area is 183 Å². The van der Waals surface area contributed by atoms with Crippen molar-refractivity contribution in [2.24, 2.45) is 4.40 Å². The number of hydrogen-bond acceptors (Lipinski definition) is 6. The Morgan fingerprint density at radius 2 is 1.90 bits per heavy atom. The lowest BCUT2D eigenvalue weighted by Gasteiger charge is -2.28. The minimum Gasteiger partial charge on any atom is -0.508 e. The van der Waals surface area contributed by atoms with Crippen LogP contribution >= 0.6 is 0 Å². The Hall–Kier alpha value is -2.43. The average molecular weight is 454 g/mol. The second kappa shape index (κ2) is 11.3. The molecule has 2 rings (SSSR count). The van der Waals surface area contributed by atoms with Crippen LogP contribution in [0.25, 0.3) is 0 Å². The van der Waals surface area contributed by atoms with Crippen LogP contribution in [0.1, 0.15) is 44.6 Å². The molecule has 3 atom stereocenters. The zero-order valence-corrected chi connectivity index (χ0v) is 18.6. The maximum Gasteiger partial charge on any atom is 0.267 e. The third kappa shape index (κ3) is 8.31. The molecule has 0 fully saturated rings. The van der Waals surface area contributed by atoms with Crippen molar-refractivity contribution in [3.8, 4) is 5.75 Å². The van der Waals surface area contributed by atoms with Crippen LogP contribution in [0.3, 0.4) is 0 Å². The molecule has 1 heterocycles. The molecule has 3 unspecified atom stereocenters. The highest BCUT2D eigenvalue weighted by Crippen LogP contribution is 2.17. The lowest BCUT2D eigenvalue weighted by atomic mass is 9.94. The predicted octanol–water partition coefficient (Wildman–Crippen LogP) is 0.957. The van der Waals surface area contributed by atoms with Crippen molar-refractivity contribution in [3.05, 3.63) is 41.6 Å². The number of aromatic hydroxyl groups is 1. The number of sulfonamides is 1. The first kappa shape index (κ1) is 24.8. The van der Waals surface area contributed by atoms with Gasteiger partial charge in [0.2, 0.25) is 0 Å². The third-order valence-electron chi connectivity index (χ3n) is 4.92. The van der Waals surface area contributed by atoms with E-state index in [0.717, 1.165) is 31.1 Å². The largest absolute Gasteiger partial charge is 0.508 e. The van der Waals surface area contributed by atoms with Crippen LogP contribution in [-0.4, -0.2) is 60.0 Å². The highest BCUT2D eigenvalue weighted by molar-refractivity contribution is 7.89. The molecule has 0 saturated carbocycles. The minimum absolute atomic E-state index is 0.0995. The molecule has 9 nitrogen and oxygen atoms in total. The van der Waals surface area contributed by atoms with Gasteiger partial charge in [-0.25, -0.2) is 8.42 Å². The van der Waals surface area contributed by atoms with Crippen molar-refractivity contribution < 1.29 is 28.5 Å². The van der Waals surface area contributed by atoms with Crippen LogP contribution < -0.4 is 10.6 Å². The molecule has 1 aromatic carbocycles. The van der Waals surface area contributed by atoms with Crippen LogP contribution in [0.2, 0.25) is 0 Å². The third-order valence-corrected chi connectivity index (χ3v) is 5.47. The van der Waals surface area contributed by atoms with E-state index in [-0.39, 0.29) is 30.1 Å².